The number of rotatable bonds is 2. The highest BCUT2D eigenvalue weighted by Gasteiger charge is 2.19. The number of carbonyl (C=O) groups excluding carboxylic acids is 1. The molecule has 0 aliphatic carbocycles. The van der Waals surface area contributed by atoms with Gasteiger partial charge < -0.3 is 0 Å². The van der Waals surface area contributed by atoms with Gasteiger partial charge in [-0.15, -0.1) is 0 Å². The lowest BCUT2D eigenvalue weighted by atomic mass is 11.6. The predicted octanol–water partition coefficient (Wildman–Crippen LogP) is -0.174. The lowest BCUT2D eigenvalue weighted by Gasteiger charge is -1.93. The Morgan fingerprint density at radius 2 is 2.11 bits per heavy atom. The second-order valence-electron chi connectivity index (χ2n) is 0.979. The SMILES string of the molecule is CNOS(=O)(=O)C(=O)Cl. The third-order valence-corrected chi connectivity index (χ3v) is 1.74. The number of hydrogen-bond acceptors (Lipinski definition) is 5. The van der Waals surface area contributed by atoms with Gasteiger partial charge in [-0.25, -0.2) is 0 Å². The van der Waals surface area contributed by atoms with E-state index < -0.39 is 14.7 Å². The fourth-order valence-electron chi connectivity index (χ4n) is 0.142. The molecule has 0 spiro atoms. The number of carbonyl (C=O) groups is 1. The maximum Gasteiger partial charge on any atom is 0.365 e. The van der Waals surface area contributed by atoms with Gasteiger partial charge in [-0.1, -0.05) is 0 Å². The van der Waals surface area contributed by atoms with Gasteiger partial charge in [0.1, 0.15) is 0 Å². The van der Waals surface area contributed by atoms with Gasteiger partial charge in [0.2, 0.25) is 0 Å². The van der Waals surface area contributed by atoms with Gasteiger partial charge in [0.05, 0.1) is 0 Å². The highest BCUT2D eigenvalue weighted by molar-refractivity contribution is 8.05. The van der Waals surface area contributed by atoms with E-state index in [-0.39, 0.29) is 0 Å². The molecular weight excluding hydrogens is 170 g/mol. The molecule has 0 aromatic carbocycles. The molecule has 0 unspecified atom stereocenters. The zero-order valence-corrected chi connectivity index (χ0v) is 5.99. The molecule has 0 saturated heterocycles. The van der Waals surface area contributed by atoms with Crippen molar-refractivity contribution in [2.75, 3.05) is 7.05 Å². The summed E-state index contributed by atoms with van der Waals surface area (Å²) in [5.74, 6) is 0. The van der Waals surface area contributed by atoms with Crippen LogP contribution in [0, 0.1) is 0 Å². The monoisotopic (exact) mass is 173 g/mol. The van der Waals surface area contributed by atoms with Crippen molar-refractivity contribution in [3.8, 4) is 0 Å². The Kier molecular flexibility index (Phi) is 3.06. The first kappa shape index (κ1) is 8.83. The van der Waals surface area contributed by atoms with Crippen LogP contribution in [0.2, 0.25) is 0 Å². The third-order valence-electron chi connectivity index (χ3n) is 0.390. The maximum atomic E-state index is 10.2. The number of hydroxylamine groups is 1. The molecule has 0 aliphatic heterocycles. The Morgan fingerprint density at radius 1 is 1.67 bits per heavy atom. The van der Waals surface area contributed by atoms with Crippen molar-refractivity contribution in [1.29, 1.82) is 0 Å². The molecule has 0 amide bonds. The van der Waals surface area contributed by atoms with E-state index in [1.54, 1.807) is 5.48 Å². The van der Waals surface area contributed by atoms with Crippen LogP contribution in [0.3, 0.4) is 0 Å². The van der Waals surface area contributed by atoms with Crippen molar-refractivity contribution < 1.29 is 17.5 Å². The highest BCUT2D eigenvalue weighted by Crippen LogP contribution is 1.97. The van der Waals surface area contributed by atoms with E-state index >= 15 is 0 Å². The molecule has 9 heavy (non-hydrogen) atoms. The van der Waals surface area contributed by atoms with Gasteiger partial charge in [0.15, 0.2) is 0 Å². The average molecular weight is 174 g/mol. The van der Waals surface area contributed by atoms with Crippen molar-refractivity contribution in [2.24, 2.45) is 0 Å². The molecule has 0 atom stereocenters. The van der Waals surface area contributed by atoms with E-state index in [1.807, 2.05) is 0 Å². The van der Waals surface area contributed by atoms with E-state index in [9.17, 15) is 13.2 Å². The molecule has 5 nitrogen and oxygen atoms in total. The summed E-state index contributed by atoms with van der Waals surface area (Å²) in [5.41, 5.74) is 1.80. The molecule has 0 heterocycles. The van der Waals surface area contributed by atoms with E-state index in [0.717, 1.165) is 0 Å². The quantitative estimate of drug-likeness (QED) is 0.464. The van der Waals surface area contributed by atoms with E-state index in [2.05, 4.69) is 15.9 Å². The van der Waals surface area contributed by atoms with Crippen molar-refractivity contribution >= 4 is 26.3 Å². The van der Waals surface area contributed by atoms with Crippen molar-refractivity contribution in [2.45, 2.75) is 0 Å². The van der Waals surface area contributed by atoms with Crippen molar-refractivity contribution in [1.82, 2.24) is 5.48 Å². The van der Waals surface area contributed by atoms with Gasteiger partial charge in [-0.3, -0.25) is 4.79 Å². The molecule has 0 fully saturated rings. The lowest BCUT2D eigenvalue weighted by Crippen LogP contribution is -2.19. The molecule has 1 N–H and O–H groups in total. The van der Waals surface area contributed by atoms with Crippen LogP contribution in [-0.4, -0.2) is 20.0 Å². The Labute approximate surface area is 57.0 Å². The van der Waals surface area contributed by atoms with Crippen LogP contribution >= 0.6 is 11.6 Å². The Balaban J connectivity index is 4.23. The van der Waals surface area contributed by atoms with Crippen LogP contribution in [0.25, 0.3) is 0 Å². The Hall–Kier alpha value is -0.170. The average Bonchev–Trinajstić information content (AvgIpc) is 1.65. The molecule has 0 saturated carbocycles. The summed E-state index contributed by atoms with van der Waals surface area (Å²) < 4.78 is 22.5. The topological polar surface area (TPSA) is 72.5 Å². The summed E-state index contributed by atoms with van der Waals surface area (Å²) in [7, 11) is -3.04. The first-order valence-corrected chi connectivity index (χ1v) is 3.59. The van der Waals surface area contributed by atoms with Gasteiger partial charge in [0, 0.05) is 7.05 Å². The summed E-state index contributed by atoms with van der Waals surface area (Å²) in [6.45, 7) is 0. The van der Waals surface area contributed by atoms with Gasteiger partial charge in [0.25, 0.3) is 0 Å². The number of hydrogen-bond donors (Lipinski definition) is 1. The first-order chi connectivity index (χ1) is 4.00. The zero-order valence-electron chi connectivity index (χ0n) is 4.42. The summed E-state index contributed by atoms with van der Waals surface area (Å²) in [6, 6.07) is 0. The molecule has 54 valence electrons. The Morgan fingerprint density at radius 3 is 2.22 bits per heavy atom. The zero-order chi connectivity index (χ0) is 7.49. The predicted molar refractivity (Wildman–Crippen MR) is 30.3 cm³/mol. The van der Waals surface area contributed by atoms with Gasteiger partial charge in [-0.05, 0) is 11.6 Å². The fourth-order valence-corrected chi connectivity index (χ4v) is 0.522. The second kappa shape index (κ2) is 3.11. The molecule has 0 bridgehead atoms. The smallest absolute Gasteiger partial charge is 0.260 e. The summed E-state index contributed by atoms with van der Waals surface area (Å²) >= 11 is 4.56. The van der Waals surface area contributed by atoms with Crippen LogP contribution in [-0.2, 0) is 14.4 Å². The van der Waals surface area contributed by atoms with Gasteiger partial charge >= 0.3 is 14.7 Å². The van der Waals surface area contributed by atoms with Crippen molar-refractivity contribution in [3.63, 3.8) is 0 Å². The highest BCUT2D eigenvalue weighted by atomic mass is 35.5. The summed E-state index contributed by atoms with van der Waals surface area (Å²) in [4.78, 5) is 9.87. The van der Waals surface area contributed by atoms with Gasteiger partial charge in [-0.2, -0.15) is 18.2 Å². The standard InChI is InChI=1S/C2H4ClNO4S/c1-4-8-9(6,7)2(3)5/h4H,1H3. The largest absolute Gasteiger partial charge is 0.365 e. The Bertz CT molecular complexity index is 197. The van der Waals surface area contributed by atoms with Crippen molar-refractivity contribution in [3.05, 3.63) is 0 Å². The second-order valence-corrected chi connectivity index (χ2v) is 2.99. The van der Waals surface area contributed by atoms with E-state index in [4.69, 9.17) is 0 Å². The third kappa shape index (κ3) is 2.75. The van der Waals surface area contributed by atoms with E-state index in [0.29, 0.717) is 0 Å². The minimum absolute atomic E-state index is 1.19. The van der Waals surface area contributed by atoms with Crippen LogP contribution in [0.1, 0.15) is 0 Å². The minimum Gasteiger partial charge on any atom is -0.260 e. The molecule has 0 rings (SSSR count). The molecule has 0 aromatic rings. The maximum absolute atomic E-state index is 10.2. The molecule has 0 aromatic heterocycles. The van der Waals surface area contributed by atoms with Crippen LogP contribution in [0.15, 0.2) is 0 Å². The number of nitrogens with one attached hydrogen (secondary N) is 1. The molecule has 0 aliphatic rings. The van der Waals surface area contributed by atoms with Crippen LogP contribution < -0.4 is 5.48 Å². The molecule has 7 heteroatoms. The summed E-state index contributed by atoms with van der Waals surface area (Å²) in [6.07, 6.45) is 0. The van der Waals surface area contributed by atoms with Crippen LogP contribution in [0.5, 0.6) is 0 Å². The van der Waals surface area contributed by atoms with E-state index in [1.165, 1.54) is 7.05 Å². The minimum atomic E-state index is -4.23. The molecule has 0 radical (unpaired) electrons. The number of halogens is 1. The normalized spacial score (nSPS) is 11.3. The van der Waals surface area contributed by atoms with Crippen LogP contribution in [0.4, 0.5) is 4.79 Å². The fraction of sp³-hybridized carbons (Fsp3) is 0.500. The molecular formula is C2H4ClNO4S. The first-order valence-electron chi connectivity index (χ1n) is 1.80. The summed E-state index contributed by atoms with van der Waals surface area (Å²) in [5, 5.41) is 0. The lowest BCUT2D eigenvalue weighted by molar-refractivity contribution is 0.227.